The molecule has 0 fully saturated rings. The fraction of sp³-hybridized carbons (Fsp3) is 0.167. The van der Waals surface area contributed by atoms with E-state index in [1.807, 2.05) is 18.2 Å². The van der Waals surface area contributed by atoms with Crippen molar-refractivity contribution >= 4 is 48.9 Å². The van der Waals surface area contributed by atoms with Gasteiger partial charge in [-0.15, -0.1) is 11.3 Å². The van der Waals surface area contributed by atoms with Crippen LogP contribution >= 0.6 is 43.2 Å². The number of nitrogens with two attached hydrogens (primary N) is 1. The van der Waals surface area contributed by atoms with Crippen LogP contribution in [-0.2, 0) is 13.1 Å². The molecule has 17 heavy (non-hydrogen) atoms. The highest BCUT2D eigenvalue weighted by Gasteiger charge is 2.03. The summed E-state index contributed by atoms with van der Waals surface area (Å²) in [5, 5.41) is 5.49. The molecule has 0 bridgehead atoms. The van der Waals surface area contributed by atoms with Gasteiger partial charge >= 0.3 is 0 Å². The van der Waals surface area contributed by atoms with Crippen LogP contribution in [0.4, 0.5) is 5.69 Å². The monoisotopic (exact) mass is 374 g/mol. The summed E-state index contributed by atoms with van der Waals surface area (Å²) in [5.74, 6) is 0. The Kier molecular flexibility index (Phi) is 4.62. The van der Waals surface area contributed by atoms with Crippen LogP contribution in [0.2, 0.25) is 0 Å². The maximum Gasteiger partial charge on any atom is 0.0327 e. The van der Waals surface area contributed by atoms with E-state index >= 15 is 0 Å². The minimum Gasteiger partial charge on any atom is -0.399 e. The summed E-state index contributed by atoms with van der Waals surface area (Å²) >= 11 is 8.79. The molecule has 90 valence electrons. The molecule has 0 radical (unpaired) electrons. The molecule has 2 aromatic rings. The van der Waals surface area contributed by atoms with Crippen molar-refractivity contribution in [2.24, 2.45) is 0 Å². The normalized spacial score (nSPS) is 10.7. The Bertz CT molecular complexity index is 511. The van der Waals surface area contributed by atoms with Gasteiger partial charge in [0.1, 0.15) is 0 Å². The third-order valence-electron chi connectivity index (χ3n) is 2.36. The summed E-state index contributed by atoms with van der Waals surface area (Å²) in [4.78, 5) is 1.31. The highest BCUT2D eigenvalue weighted by molar-refractivity contribution is 9.10. The minimum absolute atomic E-state index is 0.794. The van der Waals surface area contributed by atoms with Crippen molar-refractivity contribution in [2.45, 2.75) is 13.1 Å². The Morgan fingerprint density at radius 2 is 1.94 bits per heavy atom. The van der Waals surface area contributed by atoms with Gasteiger partial charge in [-0.2, -0.15) is 0 Å². The summed E-state index contributed by atoms with van der Waals surface area (Å²) in [5.41, 5.74) is 7.74. The van der Waals surface area contributed by atoms with Crippen LogP contribution in [0.15, 0.2) is 38.6 Å². The van der Waals surface area contributed by atoms with Crippen molar-refractivity contribution < 1.29 is 0 Å². The fourth-order valence-electron chi connectivity index (χ4n) is 1.49. The molecule has 0 unspecified atom stereocenters. The SMILES string of the molecule is Nc1ccc(Br)c(CNCc2sccc2Br)c1. The van der Waals surface area contributed by atoms with Crippen molar-refractivity contribution in [3.8, 4) is 0 Å². The maximum atomic E-state index is 5.76. The fourth-order valence-corrected chi connectivity index (χ4v) is 3.34. The average molecular weight is 376 g/mol. The highest BCUT2D eigenvalue weighted by Crippen LogP contribution is 2.23. The minimum atomic E-state index is 0.794. The Balaban J connectivity index is 1.94. The molecule has 2 rings (SSSR count). The molecule has 2 nitrogen and oxygen atoms in total. The number of hydrogen-bond donors (Lipinski definition) is 2. The number of hydrogen-bond acceptors (Lipinski definition) is 3. The molecule has 0 spiro atoms. The summed E-state index contributed by atoms with van der Waals surface area (Å²) in [6.45, 7) is 1.66. The quantitative estimate of drug-likeness (QED) is 0.788. The van der Waals surface area contributed by atoms with Gasteiger partial charge in [0, 0.05) is 32.6 Å². The Morgan fingerprint density at radius 1 is 1.12 bits per heavy atom. The van der Waals surface area contributed by atoms with Crippen LogP contribution in [0.25, 0.3) is 0 Å². The van der Waals surface area contributed by atoms with E-state index in [9.17, 15) is 0 Å². The Hall–Kier alpha value is -0.360. The Labute approximate surface area is 121 Å². The molecule has 1 heterocycles. The van der Waals surface area contributed by atoms with Gasteiger partial charge in [-0.1, -0.05) is 15.9 Å². The molecule has 0 atom stereocenters. The van der Waals surface area contributed by atoms with Crippen LogP contribution in [0.5, 0.6) is 0 Å². The number of benzene rings is 1. The Morgan fingerprint density at radius 3 is 2.65 bits per heavy atom. The van der Waals surface area contributed by atoms with Gasteiger partial charge in [-0.3, -0.25) is 0 Å². The van der Waals surface area contributed by atoms with Crippen LogP contribution in [0.1, 0.15) is 10.4 Å². The second kappa shape index (κ2) is 6.00. The molecule has 1 aromatic carbocycles. The van der Waals surface area contributed by atoms with Gasteiger partial charge in [0.25, 0.3) is 0 Å². The largest absolute Gasteiger partial charge is 0.399 e. The first kappa shape index (κ1) is 13.1. The number of nitrogen functional groups attached to an aromatic ring is 1. The van der Waals surface area contributed by atoms with Gasteiger partial charge in [-0.05, 0) is 51.1 Å². The number of anilines is 1. The predicted molar refractivity (Wildman–Crippen MR) is 81.1 cm³/mol. The molecular formula is C12H12Br2N2S. The van der Waals surface area contributed by atoms with E-state index in [0.29, 0.717) is 0 Å². The van der Waals surface area contributed by atoms with Crippen molar-refractivity contribution in [2.75, 3.05) is 5.73 Å². The number of nitrogens with one attached hydrogen (secondary N) is 1. The second-order valence-corrected chi connectivity index (χ2v) is 6.36. The molecule has 0 aliphatic heterocycles. The van der Waals surface area contributed by atoms with E-state index in [-0.39, 0.29) is 0 Å². The molecule has 0 saturated heterocycles. The highest BCUT2D eigenvalue weighted by atomic mass is 79.9. The topological polar surface area (TPSA) is 38.0 Å². The molecule has 1 aromatic heterocycles. The first-order chi connectivity index (χ1) is 8.16. The van der Waals surface area contributed by atoms with E-state index in [1.54, 1.807) is 11.3 Å². The zero-order chi connectivity index (χ0) is 12.3. The molecule has 3 N–H and O–H groups in total. The van der Waals surface area contributed by atoms with Crippen molar-refractivity contribution in [1.29, 1.82) is 0 Å². The predicted octanol–water partition coefficient (Wildman–Crippen LogP) is 4.15. The number of rotatable bonds is 4. The summed E-state index contributed by atoms with van der Waals surface area (Å²) in [6.07, 6.45) is 0. The van der Waals surface area contributed by atoms with Crippen molar-refractivity contribution in [3.05, 3.63) is 49.0 Å². The van der Waals surface area contributed by atoms with Gasteiger partial charge in [0.15, 0.2) is 0 Å². The zero-order valence-electron chi connectivity index (χ0n) is 9.04. The van der Waals surface area contributed by atoms with E-state index in [1.165, 1.54) is 14.9 Å². The van der Waals surface area contributed by atoms with Gasteiger partial charge < -0.3 is 11.1 Å². The number of thiophene rings is 1. The molecular weight excluding hydrogens is 364 g/mol. The second-order valence-electron chi connectivity index (χ2n) is 3.65. The molecule has 0 amide bonds. The molecule has 0 aliphatic carbocycles. The molecule has 0 aliphatic rings. The van der Waals surface area contributed by atoms with Crippen molar-refractivity contribution in [1.82, 2.24) is 5.32 Å². The smallest absolute Gasteiger partial charge is 0.0327 e. The van der Waals surface area contributed by atoms with E-state index in [0.717, 1.165) is 23.2 Å². The first-order valence-electron chi connectivity index (χ1n) is 5.13. The van der Waals surface area contributed by atoms with Crippen LogP contribution in [-0.4, -0.2) is 0 Å². The van der Waals surface area contributed by atoms with Crippen LogP contribution < -0.4 is 11.1 Å². The molecule has 5 heteroatoms. The average Bonchev–Trinajstić information content (AvgIpc) is 2.70. The number of halogens is 2. The van der Waals surface area contributed by atoms with E-state index in [2.05, 4.69) is 48.6 Å². The standard InChI is InChI=1S/C12H12Br2N2S/c13-10-2-1-9(15)5-8(10)6-16-7-12-11(14)3-4-17-12/h1-5,16H,6-7,15H2. The lowest BCUT2D eigenvalue weighted by molar-refractivity contribution is 0.698. The molecule has 0 saturated carbocycles. The summed E-state index contributed by atoms with van der Waals surface area (Å²) in [7, 11) is 0. The van der Waals surface area contributed by atoms with Gasteiger partial charge in [0.05, 0.1) is 0 Å². The zero-order valence-corrected chi connectivity index (χ0v) is 13.0. The summed E-state index contributed by atoms with van der Waals surface area (Å²) in [6, 6.07) is 7.93. The van der Waals surface area contributed by atoms with Gasteiger partial charge in [-0.25, -0.2) is 0 Å². The first-order valence-corrected chi connectivity index (χ1v) is 7.60. The third-order valence-corrected chi connectivity index (χ3v) is 5.06. The van der Waals surface area contributed by atoms with E-state index < -0.39 is 0 Å². The van der Waals surface area contributed by atoms with Gasteiger partial charge in [0.2, 0.25) is 0 Å². The lowest BCUT2D eigenvalue weighted by Crippen LogP contribution is -2.12. The lowest BCUT2D eigenvalue weighted by Gasteiger charge is -2.07. The van der Waals surface area contributed by atoms with E-state index in [4.69, 9.17) is 5.73 Å². The lowest BCUT2D eigenvalue weighted by atomic mass is 10.2. The van der Waals surface area contributed by atoms with Crippen LogP contribution in [0, 0.1) is 0 Å². The summed E-state index contributed by atoms with van der Waals surface area (Å²) < 4.78 is 2.26. The van der Waals surface area contributed by atoms with Crippen LogP contribution in [0.3, 0.4) is 0 Å². The third kappa shape index (κ3) is 3.55. The maximum absolute atomic E-state index is 5.76. The van der Waals surface area contributed by atoms with Crippen molar-refractivity contribution in [3.63, 3.8) is 0 Å².